The monoisotopic (exact) mass is 314 g/mol. The second-order valence-corrected chi connectivity index (χ2v) is 4.25. The highest BCUT2D eigenvalue weighted by molar-refractivity contribution is 6.04. The van der Waals surface area contributed by atoms with Gasteiger partial charge in [0.1, 0.15) is 23.6 Å². The number of rotatable bonds is 6. The lowest BCUT2D eigenvalue weighted by molar-refractivity contribution is -0.112. The molecule has 0 saturated heterocycles. The number of benzene rings is 1. The summed E-state index contributed by atoms with van der Waals surface area (Å²) < 4.78 is 19.1. The first kappa shape index (κ1) is 16.0. The van der Waals surface area contributed by atoms with Gasteiger partial charge < -0.3 is 10.1 Å². The first-order valence-electron chi connectivity index (χ1n) is 6.46. The minimum Gasteiger partial charge on any atom is -0.454 e. The Kier molecular flexibility index (Phi) is 5.30. The van der Waals surface area contributed by atoms with Crippen molar-refractivity contribution in [3.8, 4) is 11.5 Å². The normalized spacial score (nSPS) is 10.7. The predicted molar refractivity (Wildman–Crippen MR) is 87.1 cm³/mol. The number of hydrogen-bond acceptors (Lipinski definition) is 5. The van der Waals surface area contributed by atoms with Gasteiger partial charge in [-0.3, -0.25) is 9.79 Å². The quantitative estimate of drug-likeness (QED) is 0.504. The Morgan fingerprint density at radius 1 is 1.30 bits per heavy atom. The van der Waals surface area contributed by atoms with Crippen LogP contribution >= 0.6 is 0 Å². The van der Waals surface area contributed by atoms with E-state index in [0.717, 1.165) is 6.07 Å². The molecule has 0 aliphatic heterocycles. The molecule has 0 spiro atoms. The van der Waals surface area contributed by atoms with Crippen molar-refractivity contribution >= 4 is 18.3 Å². The number of nitrogens with zero attached hydrogens (tertiary/aromatic N) is 3. The van der Waals surface area contributed by atoms with Gasteiger partial charge in [-0.15, -0.1) is 0 Å². The number of nitrogens with one attached hydrogen (secondary N) is 1. The average Bonchev–Trinajstić information content (AvgIpc) is 2.52. The van der Waals surface area contributed by atoms with Crippen molar-refractivity contribution in [2.75, 3.05) is 5.32 Å². The van der Waals surface area contributed by atoms with Crippen molar-refractivity contribution in [2.24, 2.45) is 4.99 Å². The Morgan fingerprint density at radius 2 is 2.04 bits per heavy atom. The van der Waals surface area contributed by atoms with Gasteiger partial charge in [0.25, 0.3) is 5.91 Å². The fraction of sp³-hybridized carbons (Fsp3) is 0. The molecule has 7 heteroatoms. The van der Waals surface area contributed by atoms with Gasteiger partial charge in [0.2, 0.25) is 0 Å². The summed E-state index contributed by atoms with van der Waals surface area (Å²) in [4.78, 5) is 23.1. The number of halogens is 1. The predicted octanol–water partition coefficient (Wildman–Crippen LogP) is 3.36. The summed E-state index contributed by atoms with van der Waals surface area (Å²) in [6.07, 6.45) is 7.00. The van der Waals surface area contributed by atoms with Crippen LogP contribution in [0.15, 0.2) is 66.3 Å². The molecule has 0 atom stereocenters. The number of carbonyl (C=O) groups is 1. The zero-order valence-electron chi connectivity index (χ0n) is 12.1. The van der Waals surface area contributed by atoms with Crippen LogP contribution < -0.4 is 10.1 Å². The molecular formula is C16H15FN4O2. The fourth-order valence-corrected chi connectivity index (χ4v) is 1.67. The van der Waals surface area contributed by atoms with Gasteiger partial charge in [0, 0.05) is 19.2 Å². The summed E-state index contributed by atoms with van der Waals surface area (Å²) in [6.45, 7) is 6.77. The van der Waals surface area contributed by atoms with E-state index in [1.807, 2.05) is 0 Å². The lowest BCUT2D eigenvalue weighted by atomic mass is 10.2. The van der Waals surface area contributed by atoms with Crippen LogP contribution in [0.1, 0.15) is 1.43 Å². The number of ether oxygens (including phenoxy) is 1. The van der Waals surface area contributed by atoms with Crippen molar-refractivity contribution in [3.05, 3.63) is 67.2 Å². The molecule has 2 aromatic rings. The Bertz CT molecular complexity index is 766. The van der Waals surface area contributed by atoms with Crippen LogP contribution in [0, 0.1) is 5.82 Å². The zero-order chi connectivity index (χ0) is 16.7. The molecule has 1 heterocycles. The maximum Gasteiger partial charge on any atom is 0.274 e. The lowest BCUT2D eigenvalue weighted by Gasteiger charge is -2.09. The van der Waals surface area contributed by atoms with E-state index in [9.17, 15) is 9.18 Å². The third-order valence-electron chi connectivity index (χ3n) is 2.58. The minimum atomic E-state index is -0.574. The van der Waals surface area contributed by atoms with Gasteiger partial charge in [0.05, 0.1) is 12.4 Å². The second kappa shape index (κ2) is 7.60. The van der Waals surface area contributed by atoms with Crippen LogP contribution in [0.5, 0.6) is 11.5 Å². The van der Waals surface area contributed by atoms with Crippen LogP contribution in [0.3, 0.4) is 0 Å². The van der Waals surface area contributed by atoms with E-state index >= 15 is 0 Å². The lowest BCUT2D eigenvalue weighted by Crippen LogP contribution is -2.13. The molecule has 2 rings (SSSR count). The smallest absolute Gasteiger partial charge is 0.274 e. The van der Waals surface area contributed by atoms with E-state index in [1.54, 1.807) is 0 Å². The Hall–Kier alpha value is -3.35. The Labute approximate surface area is 133 Å². The number of hydrogen-bond donors (Lipinski definition) is 1. The first-order chi connectivity index (χ1) is 11.1. The molecule has 23 heavy (non-hydrogen) atoms. The van der Waals surface area contributed by atoms with Crippen molar-refractivity contribution in [1.82, 2.24) is 9.97 Å². The van der Waals surface area contributed by atoms with Gasteiger partial charge in [-0.05, 0) is 18.9 Å². The van der Waals surface area contributed by atoms with Gasteiger partial charge in [-0.2, -0.15) is 0 Å². The van der Waals surface area contributed by atoms with Crippen LogP contribution in [-0.2, 0) is 4.79 Å². The zero-order valence-corrected chi connectivity index (χ0v) is 12.1. The van der Waals surface area contributed by atoms with E-state index in [0.29, 0.717) is 5.75 Å². The van der Waals surface area contributed by atoms with E-state index in [2.05, 4.69) is 33.6 Å². The molecule has 118 valence electrons. The number of carbonyl (C=O) groups excluding carboxylic acids is 1. The first-order valence-corrected chi connectivity index (χ1v) is 6.46. The Balaban J connectivity index is 0.00000288. The minimum absolute atomic E-state index is 0. The highest BCUT2D eigenvalue weighted by Crippen LogP contribution is 2.25. The number of amides is 1. The highest BCUT2D eigenvalue weighted by Gasteiger charge is 2.10. The van der Waals surface area contributed by atoms with Gasteiger partial charge in [-0.1, -0.05) is 12.7 Å². The summed E-state index contributed by atoms with van der Waals surface area (Å²) in [7, 11) is 0. The third-order valence-corrected chi connectivity index (χ3v) is 2.58. The number of aromatic nitrogens is 2. The molecule has 1 aromatic carbocycles. The van der Waals surface area contributed by atoms with E-state index < -0.39 is 11.7 Å². The molecule has 1 aromatic heterocycles. The molecule has 0 aliphatic rings. The van der Waals surface area contributed by atoms with Gasteiger partial charge in [0.15, 0.2) is 5.75 Å². The number of anilines is 1. The van der Waals surface area contributed by atoms with Crippen LogP contribution in [0.2, 0.25) is 0 Å². The van der Waals surface area contributed by atoms with E-state index in [4.69, 9.17) is 4.74 Å². The van der Waals surface area contributed by atoms with Crippen LogP contribution in [0.25, 0.3) is 0 Å². The molecule has 0 saturated carbocycles. The van der Waals surface area contributed by atoms with Crippen molar-refractivity contribution < 1.29 is 15.3 Å². The summed E-state index contributed by atoms with van der Waals surface area (Å²) in [6, 6.07) is 3.79. The standard InChI is InChI=1S/C16H13FN4O2.H2/c1-3-4-15(18-2)16(22)21-12-5-11(17)6-13(7-12)23-14-8-19-10-20-9-14;/h3-10H,1-2H2,(H,21,22);1H/b15-4-;. The summed E-state index contributed by atoms with van der Waals surface area (Å²) in [5, 5.41) is 2.50. The van der Waals surface area contributed by atoms with Crippen molar-refractivity contribution in [1.29, 1.82) is 0 Å². The molecule has 1 amide bonds. The van der Waals surface area contributed by atoms with Gasteiger partial charge >= 0.3 is 0 Å². The van der Waals surface area contributed by atoms with E-state index in [1.165, 1.54) is 43.0 Å². The third kappa shape index (κ3) is 4.57. The van der Waals surface area contributed by atoms with Crippen molar-refractivity contribution in [2.45, 2.75) is 0 Å². The highest BCUT2D eigenvalue weighted by atomic mass is 19.1. The number of allylic oxidation sites excluding steroid dienone is 2. The van der Waals surface area contributed by atoms with Gasteiger partial charge in [-0.25, -0.2) is 14.4 Å². The molecule has 0 unspecified atom stereocenters. The largest absolute Gasteiger partial charge is 0.454 e. The van der Waals surface area contributed by atoms with E-state index in [-0.39, 0.29) is 18.6 Å². The average molecular weight is 314 g/mol. The van der Waals surface area contributed by atoms with Crippen LogP contribution in [0.4, 0.5) is 10.1 Å². The molecular weight excluding hydrogens is 299 g/mol. The second-order valence-electron chi connectivity index (χ2n) is 4.25. The van der Waals surface area contributed by atoms with Crippen molar-refractivity contribution in [3.63, 3.8) is 0 Å². The maximum atomic E-state index is 13.7. The Morgan fingerprint density at radius 3 is 2.70 bits per heavy atom. The van der Waals surface area contributed by atoms with Crippen LogP contribution in [-0.4, -0.2) is 22.6 Å². The summed E-state index contributed by atoms with van der Waals surface area (Å²) >= 11 is 0. The fourth-order valence-electron chi connectivity index (χ4n) is 1.67. The summed E-state index contributed by atoms with van der Waals surface area (Å²) in [5.74, 6) is -0.582. The topological polar surface area (TPSA) is 76.5 Å². The summed E-state index contributed by atoms with van der Waals surface area (Å²) in [5.41, 5.74) is 0.267. The molecule has 0 bridgehead atoms. The molecule has 0 radical (unpaired) electrons. The number of aliphatic imine (C=N–C) groups is 1. The maximum absolute atomic E-state index is 13.7. The molecule has 6 nitrogen and oxygen atoms in total. The molecule has 1 N–H and O–H groups in total. The molecule has 0 aliphatic carbocycles. The molecule has 0 fully saturated rings. The SMILES string of the molecule is C=C/C=C(\N=C)C(=O)Nc1cc(F)cc(Oc2cncnc2)c1.[HH].